The zero-order valence-electron chi connectivity index (χ0n) is 23.6. The number of benzene rings is 1. The molecule has 1 spiro atoms. The van der Waals surface area contributed by atoms with E-state index in [9.17, 15) is 14.4 Å². The second kappa shape index (κ2) is 11.1. The fraction of sp³-hybridized carbons (Fsp3) is 0.517. The number of imidazole rings is 1. The van der Waals surface area contributed by atoms with Crippen molar-refractivity contribution in [1.82, 2.24) is 19.5 Å². The molecular weight excluding hydrogens is 566 g/mol. The quantitative estimate of drug-likeness (QED) is 0.235. The van der Waals surface area contributed by atoms with E-state index in [1.165, 1.54) is 38.2 Å². The zero-order valence-corrected chi connectivity index (χ0v) is 24.4. The summed E-state index contributed by atoms with van der Waals surface area (Å²) in [5.74, 6) is -1.14. The van der Waals surface area contributed by atoms with E-state index in [0.29, 0.717) is 17.0 Å². The lowest BCUT2D eigenvalue weighted by atomic mass is 9.69. The molecule has 1 aliphatic carbocycles. The van der Waals surface area contributed by atoms with E-state index in [-0.39, 0.29) is 17.3 Å². The summed E-state index contributed by atoms with van der Waals surface area (Å²) in [5.41, 5.74) is 3.71. The Morgan fingerprint density at radius 2 is 1.81 bits per heavy atom. The highest BCUT2D eigenvalue weighted by atomic mass is 35.5. The van der Waals surface area contributed by atoms with Gasteiger partial charge in [0.15, 0.2) is 35.4 Å². The van der Waals surface area contributed by atoms with E-state index in [4.69, 9.17) is 30.5 Å². The number of carbonyl (C=O) groups excluding carboxylic acids is 3. The van der Waals surface area contributed by atoms with Crippen molar-refractivity contribution in [2.75, 3.05) is 24.6 Å². The van der Waals surface area contributed by atoms with Gasteiger partial charge in [-0.15, -0.1) is 0 Å². The number of ether oxygens (including phenoxy) is 4. The number of nitrogens with zero attached hydrogens (tertiary/aromatic N) is 5. The summed E-state index contributed by atoms with van der Waals surface area (Å²) in [5, 5.41) is 0.0271. The van der Waals surface area contributed by atoms with Crippen molar-refractivity contribution in [2.45, 2.75) is 76.4 Å². The van der Waals surface area contributed by atoms with Gasteiger partial charge in [0, 0.05) is 39.3 Å². The van der Waals surface area contributed by atoms with Crippen LogP contribution < -0.4 is 4.90 Å². The van der Waals surface area contributed by atoms with Crippen LogP contribution in [0.2, 0.25) is 5.28 Å². The van der Waals surface area contributed by atoms with Crippen LogP contribution in [0.3, 0.4) is 0 Å². The third-order valence-electron chi connectivity index (χ3n) is 8.33. The fourth-order valence-corrected chi connectivity index (χ4v) is 6.84. The van der Waals surface area contributed by atoms with Gasteiger partial charge in [0.1, 0.15) is 12.7 Å². The van der Waals surface area contributed by atoms with Crippen LogP contribution in [-0.2, 0) is 45.2 Å². The van der Waals surface area contributed by atoms with E-state index in [2.05, 4.69) is 44.1 Å². The normalized spacial score (nSPS) is 26.8. The second-order valence-electron chi connectivity index (χ2n) is 11.1. The predicted molar refractivity (Wildman–Crippen MR) is 150 cm³/mol. The van der Waals surface area contributed by atoms with Gasteiger partial charge in [-0.1, -0.05) is 24.3 Å². The molecule has 0 saturated carbocycles. The molecule has 0 radical (unpaired) electrons. The lowest BCUT2D eigenvalue weighted by Gasteiger charge is -2.36. The summed E-state index contributed by atoms with van der Waals surface area (Å²) in [6.45, 7) is 5.08. The standard InChI is InChI=1S/C29H32ClN5O7/c1-16(36)39-13-21-23(40-17(2)37)24(41-18(3)38)27(42-21)35-15-31-22-25(32-28(30)33-26(22)35)34-12-11-29(14-34)10-6-8-19-7-4-5-9-20(19)29/h4-5,7,9,15,21,23-24,27H,6,8,10-14H2,1-3H3/t21-,23+,24?,27-,29?/m1/s1. The number of aryl methyl sites for hydroxylation is 1. The number of hydrogen-bond acceptors (Lipinski definition) is 11. The average Bonchev–Trinajstić information content (AvgIpc) is 3.64. The maximum atomic E-state index is 12.1. The fourth-order valence-electron chi connectivity index (χ4n) is 6.68. The van der Waals surface area contributed by atoms with Crippen LogP contribution in [0, 0.1) is 0 Å². The molecule has 1 aromatic carbocycles. The molecule has 2 unspecified atom stereocenters. The third kappa shape index (κ3) is 5.17. The van der Waals surface area contributed by atoms with Crippen LogP contribution in [0.1, 0.15) is 57.4 Å². The number of hydrogen-bond donors (Lipinski definition) is 0. The molecule has 2 aliphatic heterocycles. The van der Waals surface area contributed by atoms with E-state index >= 15 is 0 Å². The Morgan fingerprint density at radius 1 is 1.05 bits per heavy atom. The van der Waals surface area contributed by atoms with Crippen molar-refractivity contribution in [3.8, 4) is 0 Å². The number of rotatable bonds is 6. The first-order valence-electron chi connectivity index (χ1n) is 14.0. The van der Waals surface area contributed by atoms with Crippen LogP contribution in [0.15, 0.2) is 30.6 Å². The Balaban J connectivity index is 1.36. The van der Waals surface area contributed by atoms with Gasteiger partial charge in [-0.25, -0.2) is 4.98 Å². The van der Waals surface area contributed by atoms with E-state index in [1.807, 2.05) is 0 Å². The number of fused-ring (bicyclic) bond motifs is 3. The van der Waals surface area contributed by atoms with Crippen LogP contribution in [0.5, 0.6) is 0 Å². The molecular formula is C29H32ClN5O7. The maximum absolute atomic E-state index is 12.1. The van der Waals surface area contributed by atoms with Gasteiger partial charge in [-0.05, 0) is 48.4 Å². The van der Waals surface area contributed by atoms with Crippen molar-refractivity contribution in [3.05, 3.63) is 47.0 Å². The Labute approximate surface area is 247 Å². The SMILES string of the molecule is CC(=O)OC[C@H]1O[C@@H](n2cnc3c(N4CCC5(CCCc6ccccc65)C4)nc(Cl)nc32)C(OC(C)=O)[C@H]1OC(C)=O. The van der Waals surface area contributed by atoms with Gasteiger partial charge in [0.2, 0.25) is 5.28 Å². The lowest BCUT2D eigenvalue weighted by Crippen LogP contribution is -2.40. The smallest absolute Gasteiger partial charge is 0.303 e. The Bertz CT molecular complexity index is 1550. The number of aromatic nitrogens is 4. The largest absolute Gasteiger partial charge is 0.463 e. The van der Waals surface area contributed by atoms with E-state index in [0.717, 1.165) is 38.8 Å². The first-order chi connectivity index (χ1) is 20.1. The number of halogens is 1. The van der Waals surface area contributed by atoms with Crippen LogP contribution in [0.25, 0.3) is 11.2 Å². The highest BCUT2D eigenvalue weighted by molar-refractivity contribution is 6.28. The van der Waals surface area contributed by atoms with E-state index < -0.39 is 42.4 Å². The molecule has 2 aromatic heterocycles. The van der Waals surface area contributed by atoms with Crippen molar-refractivity contribution in [2.24, 2.45) is 0 Å². The van der Waals surface area contributed by atoms with Gasteiger partial charge < -0.3 is 23.8 Å². The molecule has 222 valence electrons. The molecule has 0 N–H and O–H groups in total. The topological polar surface area (TPSA) is 135 Å². The van der Waals surface area contributed by atoms with Crippen molar-refractivity contribution < 1.29 is 33.3 Å². The minimum Gasteiger partial charge on any atom is -0.463 e. The summed E-state index contributed by atoms with van der Waals surface area (Å²) < 4.78 is 24.0. The van der Waals surface area contributed by atoms with Crippen LogP contribution >= 0.6 is 11.6 Å². The van der Waals surface area contributed by atoms with Crippen LogP contribution in [0.4, 0.5) is 5.82 Å². The maximum Gasteiger partial charge on any atom is 0.303 e. The molecule has 4 heterocycles. The third-order valence-corrected chi connectivity index (χ3v) is 8.50. The van der Waals surface area contributed by atoms with Gasteiger partial charge in [0.05, 0.1) is 6.33 Å². The molecule has 0 bridgehead atoms. The average molecular weight is 598 g/mol. The summed E-state index contributed by atoms with van der Waals surface area (Å²) in [6.07, 6.45) is 1.78. The highest BCUT2D eigenvalue weighted by Gasteiger charge is 2.51. The monoisotopic (exact) mass is 597 g/mol. The zero-order chi connectivity index (χ0) is 29.6. The molecule has 42 heavy (non-hydrogen) atoms. The summed E-state index contributed by atoms with van der Waals surface area (Å²) >= 11 is 6.48. The molecule has 3 aromatic rings. The number of carbonyl (C=O) groups is 3. The predicted octanol–water partition coefficient (Wildman–Crippen LogP) is 3.29. The van der Waals surface area contributed by atoms with Gasteiger partial charge in [0.25, 0.3) is 0 Å². The van der Waals surface area contributed by atoms with E-state index in [1.54, 1.807) is 4.57 Å². The van der Waals surface area contributed by atoms with Crippen molar-refractivity contribution in [3.63, 3.8) is 0 Å². The molecule has 13 heteroatoms. The molecule has 12 nitrogen and oxygen atoms in total. The highest BCUT2D eigenvalue weighted by Crippen LogP contribution is 2.46. The van der Waals surface area contributed by atoms with Gasteiger partial charge in [-0.2, -0.15) is 9.97 Å². The number of anilines is 1. The van der Waals surface area contributed by atoms with Crippen molar-refractivity contribution in [1.29, 1.82) is 0 Å². The molecule has 0 amide bonds. The Morgan fingerprint density at radius 3 is 2.57 bits per heavy atom. The first kappa shape index (κ1) is 28.4. The molecule has 2 fully saturated rings. The minimum absolute atomic E-state index is 0.0251. The van der Waals surface area contributed by atoms with Gasteiger partial charge in [-0.3, -0.25) is 19.0 Å². The summed E-state index contributed by atoms with van der Waals surface area (Å²) in [4.78, 5) is 51.5. The molecule has 2 saturated heterocycles. The Hall–Kier alpha value is -3.77. The van der Waals surface area contributed by atoms with Crippen LogP contribution in [-0.4, -0.2) is 75.4 Å². The molecule has 3 aliphatic rings. The number of esters is 3. The minimum atomic E-state index is -1.07. The lowest BCUT2D eigenvalue weighted by molar-refractivity contribution is -0.166. The molecule has 6 rings (SSSR count). The Kier molecular flexibility index (Phi) is 7.52. The summed E-state index contributed by atoms with van der Waals surface area (Å²) in [6, 6.07) is 8.67. The van der Waals surface area contributed by atoms with Crippen molar-refractivity contribution >= 4 is 46.5 Å². The first-order valence-corrected chi connectivity index (χ1v) is 14.4. The summed E-state index contributed by atoms with van der Waals surface area (Å²) in [7, 11) is 0. The molecule has 5 atom stereocenters. The van der Waals surface area contributed by atoms with Gasteiger partial charge >= 0.3 is 17.9 Å². The second-order valence-corrected chi connectivity index (χ2v) is 11.5.